The molecular formula is C22H26N4O4S. The Labute approximate surface area is 182 Å². The first-order chi connectivity index (χ1) is 14.8. The van der Waals surface area contributed by atoms with E-state index in [0.717, 1.165) is 12.0 Å². The van der Waals surface area contributed by atoms with Gasteiger partial charge in [0.05, 0.1) is 17.4 Å². The van der Waals surface area contributed by atoms with Crippen LogP contribution in [0.4, 0.5) is 11.5 Å². The first-order valence-electron chi connectivity index (χ1n) is 10.5. The smallest absolute Gasteiger partial charge is 0.253 e. The van der Waals surface area contributed by atoms with E-state index < -0.39 is 10.0 Å². The molecule has 1 N–H and O–H groups in total. The number of piperidine rings is 1. The third kappa shape index (κ3) is 4.56. The molecule has 0 aliphatic carbocycles. The van der Waals surface area contributed by atoms with Gasteiger partial charge < -0.3 is 10.2 Å². The normalized spacial score (nSPS) is 20.5. The van der Waals surface area contributed by atoms with Gasteiger partial charge in [-0.2, -0.15) is 0 Å². The molecule has 1 aromatic heterocycles. The number of nitrogens with one attached hydrogen (secondary N) is 1. The zero-order valence-corrected chi connectivity index (χ0v) is 18.3. The molecule has 2 saturated heterocycles. The van der Waals surface area contributed by atoms with E-state index in [9.17, 15) is 18.0 Å². The Morgan fingerprint density at radius 2 is 1.87 bits per heavy atom. The van der Waals surface area contributed by atoms with E-state index >= 15 is 0 Å². The minimum absolute atomic E-state index is 0.131. The number of benzene rings is 1. The van der Waals surface area contributed by atoms with Gasteiger partial charge in [-0.1, -0.05) is 6.07 Å². The summed E-state index contributed by atoms with van der Waals surface area (Å²) in [6.07, 6.45) is 3.71. The fraction of sp³-hybridized carbons (Fsp3) is 0.409. The number of rotatable bonds is 4. The molecule has 1 unspecified atom stereocenters. The largest absolute Gasteiger partial charge is 0.338 e. The molecule has 2 fully saturated rings. The maximum Gasteiger partial charge on any atom is 0.253 e. The number of nitrogens with zero attached hydrogens (tertiary/aromatic N) is 3. The number of anilines is 2. The molecule has 2 aliphatic rings. The van der Waals surface area contributed by atoms with Crippen molar-refractivity contribution in [3.05, 3.63) is 53.7 Å². The first-order valence-corrected chi connectivity index (χ1v) is 12.1. The zero-order valence-electron chi connectivity index (χ0n) is 17.5. The van der Waals surface area contributed by atoms with Gasteiger partial charge in [-0.05, 0) is 62.1 Å². The van der Waals surface area contributed by atoms with Crippen molar-refractivity contribution in [2.45, 2.75) is 26.2 Å². The van der Waals surface area contributed by atoms with Crippen molar-refractivity contribution in [2.24, 2.45) is 5.92 Å². The molecular weight excluding hydrogens is 416 g/mol. The van der Waals surface area contributed by atoms with Crippen LogP contribution in [0.25, 0.3) is 0 Å². The van der Waals surface area contributed by atoms with Gasteiger partial charge in [-0.3, -0.25) is 13.9 Å². The third-order valence-corrected chi connectivity index (χ3v) is 7.70. The van der Waals surface area contributed by atoms with E-state index in [1.807, 2.05) is 19.1 Å². The quantitative estimate of drug-likeness (QED) is 0.784. The number of likely N-dealkylation sites (tertiary alicyclic amines) is 1. The predicted octanol–water partition coefficient (Wildman–Crippen LogP) is 2.42. The number of hydrogen-bond acceptors (Lipinski definition) is 5. The van der Waals surface area contributed by atoms with Crippen LogP contribution >= 0.6 is 0 Å². The van der Waals surface area contributed by atoms with Crippen molar-refractivity contribution in [2.75, 3.05) is 35.0 Å². The number of aromatic nitrogens is 1. The molecule has 0 spiro atoms. The van der Waals surface area contributed by atoms with Gasteiger partial charge in [-0.25, -0.2) is 13.4 Å². The summed E-state index contributed by atoms with van der Waals surface area (Å²) in [6, 6.07) is 10.4. The second kappa shape index (κ2) is 8.66. The van der Waals surface area contributed by atoms with Gasteiger partial charge in [0.2, 0.25) is 15.9 Å². The minimum Gasteiger partial charge on any atom is -0.338 e. The van der Waals surface area contributed by atoms with E-state index in [1.165, 1.54) is 4.31 Å². The van der Waals surface area contributed by atoms with Crippen LogP contribution in [-0.4, -0.2) is 55.5 Å². The van der Waals surface area contributed by atoms with Gasteiger partial charge in [0.15, 0.2) is 0 Å². The SMILES string of the molecule is Cc1cccnc1NC(=O)C1CCCN(C(=O)c2ccc(N3CCCS3(=O)=O)cc2)C1. The topological polar surface area (TPSA) is 99.7 Å². The summed E-state index contributed by atoms with van der Waals surface area (Å²) in [5.74, 6) is 0.121. The molecule has 2 aromatic rings. The van der Waals surface area contributed by atoms with Crippen molar-refractivity contribution in [1.29, 1.82) is 0 Å². The van der Waals surface area contributed by atoms with Crippen LogP contribution in [0.15, 0.2) is 42.6 Å². The summed E-state index contributed by atoms with van der Waals surface area (Å²) in [4.78, 5) is 31.6. The van der Waals surface area contributed by atoms with Gasteiger partial charge >= 0.3 is 0 Å². The molecule has 8 nitrogen and oxygen atoms in total. The highest BCUT2D eigenvalue weighted by molar-refractivity contribution is 7.93. The van der Waals surface area contributed by atoms with Crippen LogP contribution in [0.1, 0.15) is 35.2 Å². The van der Waals surface area contributed by atoms with Crippen molar-refractivity contribution in [3.8, 4) is 0 Å². The molecule has 1 atom stereocenters. The van der Waals surface area contributed by atoms with Crippen molar-refractivity contribution < 1.29 is 18.0 Å². The number of amides is 2. The Kier molecular flexibility index (Phi) is 5.95. The maximum atomic E-state index is 13.0. The van der Waals surface area contributed by atoms with E-state index in [0.29, 0.717) is 49.5 Å². The summed E-state index contributed by atoms with van der Waals surface area (Å²) in [6.45, 7) is 3.29. The predicted molar refractivity (Wildman–Crippen MR) is 118 cm³/mol. The Bertz CT molecular complexity index is 1080. The zero-order chi connectivity index (χ0) is 22.0. The van der Waals surface area contributed by atoms with Crippen LogP contribution < -0.4 is 9.62 Å². The summed E-state index contributed by atoms with van der Waals surface area (Å²) < 4.78 is 25.6. The summed E-state index contributed by atoms with van der Waals surface area (Å²) in [7, 11) is -3.25. The fourth-order valence-electron chi connectivity index (χ4n) is 4.09. The fourth-order valence-corrected chi connectivity index (χ4v) is 5.66. The number of carbonyl (C=O) groups is 2. The summed E-state index contributed by atoms with van der Waals surface area (Å²) in [5, 5.41) is 2.88. The second-order valence-corrected chi connectivity index (χ2v) is 10.0. The average molecular weight is 443 g/mol. The van der Waals surface area contributed by atoms with Crippen LogP contribution in [0, 0.1) is 12.8 Å². The second-order valence-electron chi connectivity index (χ2n) is 8.04. The third-order valence-electron chi connectivity index (χ3n) is 5.83. The van der Waals surface area contributed by atoms with Crippen LogP contribution in [-0.2, 0) is 14.8 Å². The summed E-state index contributed by atoms with van der Waals surface area (Å²) >= 11 is 0. The van der Waals surface area contributed by atoms with Crippen LogP contribution in [0.5, 0.6) is 0 Å². The lowest BCUT2D eigenvalue weighted by Gasteiger charge is -2.32. The first kappa shape index (κ1) is 21.3. The molecule has 1 aromatic carbocycles. The molecule has 2 amide bonds. The molecule has 0 bridgehead atoms. The highest BCUT2D eigenvalue weighted by atomic mass is 32.2. The molecule has 0 saturated carbocycles. The molecule has 0 radical (unpaired) electrons. The number of sulfonamides is 1. The Morgan fingerprint density at radius 1 is 1.10 bits per heavy atom. The van der Waals surface area contributed by atoms with Crippen molar-refractivity contribution in [3.63, 3.8) is 0 Å². The van der Waals surface area contributed by atoms with E-state index in [2.05, 4.69) is 10.3 Å². The van der Waals surface area contributed by atoms with Crippen LogP contribution in [0.2, 0.25) is 0 Å². The highest BCUT2D eigenvalue weighted by Gasteiger charge is 2.31. The Morgan fingerprint density at radius 3 is 2.55 bits per heavy atom. The van der Waals surface area contributed by atoms with Gasteiger partial charge in [-0.15, -0.1) is 0 Å². The van der Waals surface area contributed by atoms with Gasteiger partial charge in [0.25, 0.3) is 5.91 Å². The molecule has 9 heteroatoms. The van der Waals surface area contributed by atoms with E-state index in [1.54, 1.807) is 35.4 Å². The van der Waals surface area contributed by atoms with Gasteiger partial charge in [0.1, 0.15) is 5.82 Å². The molecule has 31 heavy (non-hydrogen) atoms. The Hall–Kier alpha value is -2.94. The van der Waals surface area contributed by atoms with Crippen molar-refractivity contribution in [1.82, 2.24) is 9.88 Å². The standard InChI is InChI=1S/C22H26N4O4S/c1-16-5-2-11-23-20(16)24-21(27)18-6-3-12-25(15-18)22(28)17-7-9-19(10-8-17)26-13-4-14-31(26,29)30/h2,5,7-11,18H,3-4,6,12-15H2,1H3,(H,23,24,27). The monoisotopic (exact) mass is 442 g/mol. The van der Waals surface area contributed by atoms with E-state index in [4.69, 9.17) is 0 Å². The number of carbonyl (C=O) groups excluding carboxylic acids is 2. The number of hydrogen-bond donors (Lipinski definition) is 1. The molecule has 3 heterocycles. The lowest BCUT2D eigenvalue weighted by Crippen LogP contribution is -2.43. The average Bonchev–Trinajstić information content (AvgIpc) is 3.14. The number of pyridine rings is 1. The number of aryl methyl sites for hydroxylation is 1. The minimum atomic E-state index is -3.25. The van der Waals surface area contributed by atoms with Crippen molar-refractivity contribution >= 4 is 33.3 Å². The molecule has 164 valence electrons. The molecule has 2 aliphatic heterocycles. The Balaban J connectivity index is 1.41. The summed E-state index contributed by atoms with van der Waals surface area (Å²) in [5.41, 5.74) is 1.96. The maximum absolute atomic E-state index is 13.0. The highest BCUT2D eigenvalue weighted by Crippen LogP contribution is 2.26. The van der Waals surface area contributed by atoms with Gasteiger partial charge in [0, 0.05) is 31.4 Å². The lowest BCUT2D eigenvalue weighted by molar-refractivity contribution is -0.121. The van der Waals surface area contributed by atoms with E-state index in [-0.39, 0.29) is 23.5 Å². The lowest BCUT2D eigenvalue weighted by atomic mass is 9.96. The van der Waals surface area contributed by atoms with Crippen LogP contribution in [0.3, 0.4) is 0 Å². The molecule has 4 rings (SSSR count).